The normalized spacial score (nSPS) is 19.7. The van der Waals surface area contributed by atoms with Gasteiger partial charge in [-0.3, -0.25) is 0 Å². The van der Waals surface area contributed by atoms with Crippen molar-refractivity contribution in [1.82, 2.24) is 4.90 Å². The topological polar surface area (TPSA) is 38.8 Å². The Hall–Kier alpha value is -1.83. The summed E-state index contributed by atoms with van der Waals surface area (Å²) in [5.74, 6) is 0.101. The van der Waals surface area contributed by atoms with Crippen LogP contribution in [0.15, 0.2) is 54.6 Å². The molecule has 1 heterocycles. The van der Waals surface area contributed by atoms with Crippen LogP contribution in [-0.4, -0.2) is 40.6 Å². The molecule has 2 aromatic rings. The number of likely N-dealkylation sites (tertiary alicyclic amines) is 1. The number of rotatable bonds is 4. The van der Waals surface area contributed by atoms with Crippen molar-refractivity contribution in [3.8, 4) is 5.75 Å². The van der Waals surface area contributed by atoms with E-state index in [4.69, 9.17) is 44.3 Å². The van der Waals surface area contributed by atoms with Gasteiger partial charge in [0.05, 0.1) is 5.56 Å². The van der Waals surface area contributed by atoms with Gasteiger partial charge in [-0.1, -0.05) is 65.1 Å². The van der Waals surface area contributed by atoms with Gasteiger partial charge in [0, 0.05) is 25.4 Å². The zero-order valence-corrected chi connectivity index (χ0v) is 18.4. The molecular weight excluding hydrogens is 478 g/mol. The van der Waals surface area contributed by atoms with Crippen molar-refractivity contribution in [2.24, 2.45) is 0 Å². The van der Waals surface area contributed by atoms with Gasteiger partial charge in [-0.25, -0.2) is 4.79 Å². The third-order valence-corrected chi connectivity index (χ3v) is 5.19. The Balaban J connectivity index is 1.74. The fourth-order valence-electron chi connectivity index (χ4n) is 3.39. The van der Waals surface area contributed by atoms with E-state index in [9.17, 15) is 18.0 Å². The monoisotopic (exact) mass is 495 g/mol. The molecule has 1 fully saturated rings. The van der Waals surface area contributed by atoms with E-state index in [1.165, 1.54) is 17.0 Å². The molecule has 0 aromatic heterocycles. The van der Waals surface area contributed by atoms with Gasteiger partial charge in [-0.05, 0) is 29.8 Å². The molecule has 4 nitrogen and oxygen atoms in total. The van der Waals surface area contributed by atoms with Gasteiger partial charge in [0.2, 0.25) is 3.79 Å². The first kappa shape index (κ1) is 23.8. The quantitative estimate of drug-likeness (QED) is 0.457. The van der Waals surface area contributed by atoms with Crippen molar-refractivity contribution < 1.29 is 27.4 Å². The average molecular weight is 497 g/mol. The maximum Gasteiger partial charge on any atom is 0.416 e. The van der Waals surface area contributed by atoms with Crippen molar-refractivity contribution in [2.75, 3.05) is 19.7 Å². The zero-order valence-electron chi connectivity index (χ0n) is 16.1. The molecule has 0 radical (unpaired) electrons. The van der Waals surface area contributed by atoms with Crippen molar-refractivity contribution in [1.29, 1.82) is 0 Å². The number of amides is 1. The number of hydrogen-bond donors (Lipinski definition) is 0. The molecule has 168 valence electrons. The van der Waals surface area contributed by atoms with Crippen LogP contribution in [0.4, 0.5) is 18.0 Å². The molecule has 0 saturated carbocycles. The summed E-state index contributed by atoms with van der Waals surface area (Å²) < 4.78 is 47.8. The molecule has 1 aliphatic rings. The minimum Gasteiger partial charge on any atom is -0.490 e. The lowest BCUT2D eigenvalue weighted by Crippen LogP contribution is -2.47. The molecule has 1 aliphatic heterocycles. The average Bonchev–Trinajstić information content (AvgIpc) is 2.72. The smallest absolute Gasteiger partial charge is 0.416 e. The lowest BCUT2D eigenvalue weighted by Gasteiger charge is -2.38. The number of carbonyl (C=O) groups excluding carboxylic acids is 1. The number of hydrogen-bond acceptors (Lipinski definition) is 3. The van der Waals surface area contributed by atoms with E-state index in [1.807, 2.05) is 30.3 Å². The van der Waals surface area contributed by atoms with Gasteiger partial charge in [-0.15, -0.1) is 0 Å². The second kappa shape index (κ2) is 9.76. The van der Waals surface area contributed by atoms with Crippen LogP contribution in [0.2, 0.25) is 0 Å². The van der Waals surface area contributed by atoms with E-state index >= 15 is 0 Å². The van der Waals surface area contributed by atoms with Crippen LogP contribution in [0.3, 0.4) is 0 Å². The van der Waals surface area contributed by atoms with Crippen LogP contribution in [0, 0.1) is 0 Å². The molecule has 3 rings (SSSR count). The largest absolute Gasteiger partial charge is 0.490 e. The SMILES string of the molecule is O=C(OCC(Cl)(Cl)Cl)N1CC[C@H](Oc2ccc(C(F)(F)F)cc2)[C@H](c2ccccc2)C1. The Morgan fingerprint density at radius 1 is 1.03 bits per heavy atom. The van der Waals surface area contributed by atoms with Gasteiger partial charge in [0.25, 0.3) is 0 Å². The molecule has 0 N–H and O–H groups in total. The maximum atomic E-state index is 12.8. The highest BCUT2D eigenvalue weighted by Gasteiger charge is 2.36. The van der Waals surface area contributed by atoms with Crippen LogP contribution in [0.5, 0.6) is 5.75 Å². The maximum absolute atomic E-state index is 12.8. The highest BCUT2D eigenvalue weighted by atomic mass is 35.6. The number of benzene rings is 2. The Kier molecular flexibility index (Phi) is 7.50. The summed E-state index contributed by atoms with van der Waals surface area (Å²) in [6.07, 6.45) is -4.93. The number of ether oxygens (including phenoxy) is 2. The van der Waals surface area contributed by atoms with Crippen molar-refractivity contribution in [2.45, 2.75) is 28.4 Å². The van der Waals surface area contributed by atoms with E-state index in [-0.39, 0.29) is 25.2 Å². The highest BCUT2D eigenvalue weighted by Crippen LogP contribution is 2.34. The fraction of sp³-hybridized carbons (Fsp3) is 0.381. The van der Waals surface area contributed by atoms with Gasteiger partial charge < -0.3 is 14.4 Å². The van der Waals surface area contributed by atoms with Crippen LogP contribution < -0.4 is 4.74 Å². The second-order valence-corrected chi connectivity index (χ2v) is 9.62. The van der Waals surface area contributed by atoms with E-state index in [0.717, 1.165) is 17.7 Å². The second-order valence-electron chi connectivity index (χ2n) is 7.10. The molecule has 31 heavy (non-hydrogen) atoms. The zero-order chi connectivity index (χ0) is 22.6. The minimum absolute atomic E-state index is 0.224. The molecule has 2 atom stereocenters. The summed E-state index contributed by atoms with van der Waals surface area (Å²) in [5, 5.41) is 0. The lowest BCUT2D eigenvalue weighted by molar-refractivity contribution is -0.137. The molecular formula is C21H19Cl3F3NO3. The summed E-state index contributed by atoms with van der Waals surface area (Å²) in [5.41, 5.74) is 0.185. The van der Waals surface area contributed by atoms with E-state index < -0.39 is 21.6 Å². The molecule has 2 aromatic carbocycles. The molecule has 1 saturated heterocycles. The Bertz CT molecular complexity index is 873. The fourth-order valence-corrected chi connectivity index (χ4v) is 3.55. The van der Waals surface area contributed by atoms with Crippen LogP contribution in [0.1, 0.15) is 23.5 Å². The van der Waals surface area contributed by atoms with Crippen molar-refractivity contribution in [3.05, 3.63) is 65.7 Å². The molecule has 0 aliphatic carbocycles. The Morgan fingerprint density at radius 3 is 2.26 bits per heavy atom. The first-order valence-corrected chi connectivity index (χ1v) is 10.5. The number of piperidine rings is 1. The van der Waals surface area contributed by atoms with Crippen molar-refractivity contribution in [3.63, 3.8) is 0 Å². The number of nitrogens with zero attached hydrogens (tertiary/aromatic N) is 1. The Labute approximate surface area is 192 Å². The predicted molar refractivity (Wildman–Crippen MR) is 113 cm³/mol. The number of alkyl halides is 6. The summed E-state index contributed by atoms with van der Waals surface area (Å²) >= 11 is 16.9. The van der Waals surface area contributed by atoms with E-state index in [1.54, 1.807) is 0 Å². The number of halogens is 6. The molecule has 0 bridgehead atoms. The third-order valence-electron chi connectivity index (χ3n) is 4.86. The van der Waals surface area contributed by atoms with Crippen LogP contribution >= 0.6 is 34.8 Å². The molecule has 10 heteroatoms. The highest BCUT2D eigenvalue weighted by molar-refractivity contribution is 6.67. The molecule has 0 unspecified atom stereocenters. The Morgan fingerprint density at radius 2 is 1.68 bits per heavy atom. The molecule has 0 spiro atoms. The lowest BCUT2D eigenvalue weighted by atomic mass is 9.88. The first-order chi connectivity index (χ1) is 14.5. The minimum atomic E-state index is -4.41. The van der Waals surface area contributed by atoms with Gasteiger partial charge in [0.1, 0.15) is 18.5 Å². The van der Waals surface area contributed by atoms with Crippen molar-refractivity contribution >= 4 is 40.9 Å². The summed E-state index contributed by atoms with van der Waals surface area (Å²) in [6.45, 7) is 0.232. The number of carbonyl (C=O) groups is 1. The van der Waals surface area contributed by atoms with Gasteiger partial charge in [-0.2, -0.15) is 13.2 Å². The van der Waals surface area contributed by atoms with E-state index in [0.29, 0.717) is 18.7 Å². The first-order valence-electron chi connectivity index (χ1n) is 9.40. The predicted octanol–water partition coefficient (Wildman–Crippen LogP) is 6.45. The van der Waals surface area contributed by atoms with Gasteiger partial charge in [0.15, 0.2) is 0 Å². The standard InChI is InChI=1S/C21H19Cl3F3NO3/c22-20(23,24)13-30-19(29)28-11-10-18(17(12-28)14-4-2-1-3-5-14)31-16-8-6-15(7-9-16)21(25,26)27/h1-9,17-18H,10-13H2/t17-,18-/m0/s1. The summed E-state index contributed by atoms with van der Waals surface area (Å²) in [7, 11) is 0. The summed E-state index contributed by atoms with van der Waals surface area (Å²) in [4.78, 5) is 13.9. The molecule has 1 amide bonds. The van der Waals surface area contributed by atoms with Gasteiger partial charge >= 0.3 is 12.3 Å². The van der Waals surface area contributed by atoms with Crippen LogP contribution in [-0.2, 0) is 10.9 Å². The van der Waals surface area contributed by atoms with Crippen LogP contribution in [0.25, 0.3) is 0 Å². The third kappa shape index (κ3) is 6.82. The summed E-state index contributed by atoms with van der Waals surface area (Å²) in [6, 6.07) is 14.0. The van der Waals surface area contributed by atoms with E-state index in [2.05, 4.69) is 0 Å².